The van der Waals surface area contributed by atoms with Crippen molar-refractivity contribution in [1.82, 2.24) is 33.8 Å². The molecular formula is C93H76Cl6F3N12O9+. The maximum absolute atomic E-state index is 16.1. The van der Waals surface area contributed by atoms with Gasteiger partial charge in [0.25, 0.3) is 5.91 Å². The Morgan fingerprint density at radius 1 is 0.423 bits per heavy atom. The maximum Gasteiger partial charge on any atom is 0.335 e. The average Bonchev–Trinajstić information content (AvgIpc) is 1.52. The summed E-state index contributed by atoms with van der Waals surface area (Å²) in [4.78, 5) is 95.6. The number of piperidine rings is 1. The lowest BCUT2D eigenvalue weighted by molar-refractivity contribution is -0.670. The van der Waals surface area contributed by atoms with Crippen molar-refractivity contribution in [1.29, 1.82) is 0 Å². The smallest absolute Gasteiger partial charge is 0.335 e. The van der Waals surface area contributed by atoms with Gasteiger partial charge in [-0.1, -0.05) is 124 Å². The number of aromatic carboxylic acids is 3. The van der Waals surface area contributed by atoms with Crippen molar-refractivity contribution in [2.75, 3.05) is 35.6 Å². The molecule has 0 bridgehead atoms. The molecule has 3 aliphatic carbocycles. The van der Waals surface area contributed by atoms with Crippen molar-refractivity contribution < 1.29 is 62.0 Å². The van der Waals surface area contributed by atoms with Crippen molar-refractivity contribution in [2.45, 2.75) is 154 Å². The number of hydrogen-bond acceptors (Lipinski definition) is 12. The summed E-state index contributed by atoms with van der Waals surface area (Å²) in [6.07, 6.45) is 9.56. The normalized spacial score (nSPS) is 27.7. The summed E-state index contributed by atoms with van der Waals surface area (Å²) in [7, 11) is 0. The van der Waals surface area contributed by atoms with Crippen molar-refractivity contribution in [3.05, 3.63) is 279 Å². The number of carbonyl (C=O) groups is 6. The number of likely N-dealkylation sites (tertiary alicyclic amines) is 3. The van der Waals surface area contributed by atoms with Crippen LogP contribution in [0.3, 0.4) is 0 Å². The van der Waals surface area contributed by atoms with Gasteiger partial charge in [0.2, 0.25) is 23.9 Å². The van der Waals surface area contributed by atoms with Gasteiger partial charge in [-0.15, -0.1) is 4.70 Å². The molecule has 4 saturated heterocycles. The number of amides is 3. The van der Waals surface area contributed by atoms with E-state index in [0.717, 1.165) is 109 Å². The predicted octanol–water partition coefficient (Wildman–Crippen LogP) is 19.7. The van der Waals surface area contributed by atoms with Crippen LogP contribution in [0.2, 0.25) is 30.1 Å². The van der Waals surface area contributed by atoms with Crippen LogP contribution in [0, 0.1) is 35.2 Å². The molecular weight excluding hydrogens is 1700 g/mol. The van der Waals surface area contributed by atoms with Gasteiger partial charge in [0.1, 0.15) is 51.4 Å². The number of carboxylic acids is 3. The van der Waals surface area contributed by atoms with Gasteiger partial charge in [0.05, 0.1) is 71.3 Å². The molecule has 3 spiro atoms. The Kier molecular flexibility index (Phi) is 18.5. The number of imidazole rings is 2. The molecule has 3 amide bonds. The largest absolute Gasteiger partial charge is 0.478 e. The minimum Gasteiger partial charge on any atom is -0.478 e. The number of halogens is 9. The van der Waals surface area contributed by atoms with Crippen LogP contribution >= 0.6 is 69.6 Å². The van der Waals surface area contributed by atoms with Gasteiger partial charge in [0.15, 0.2) is 0 Å². The van der Waals surface area contributed by atoms with Gasteiger partial charge in [0, 0.05) is 129 Å². The maximum atomic E-state index is 16.1. The highest BCUT2D eigenvalue weighted by molar-refractivity contribution is 6.33. The number of hydrogen-bond donors (Lipinski definition) is 6. The number of aryl methyl sites for hydroxylation is 2. The van der Waals surface area contributed by atoms with E-state index < -0.39 is 69.7 Å². The first-order chi connectivity index (χ1) is 59.4. The number of anilines is 3. The summed E-state index contributed by atoms with van der Waals surface area (Å²) in [5.74, 6) is -5.11. The second-order valence-corrected chi connectivity index (χ2v) is 37.6. The van der Waals surface area contributed by atoms with E-state index in [1.54, 1.807) is 121 Å². The third-order valence-electron chi connectivity index (χ3n) is 28.7. The third kappa shape index (κ3) is 11.8. The monoisotopic (exact) mass is 1770 g/mol. The Hall–Kier alpha value is -10.3. The van der Waals surface area contributed by atoms with Crippen molar-refractivity contribution in [2.24, 2.45) is 22.9 Å². The lowest BCUT2D eigenvalue weighted by atomic mass is 9.70. The Morgan fingerprint density at radius 2 is 0.797 bits per heavy atom. The lowest BCUT2D eigenvalue weighted by Gasteiger charge is -2.40. The van der Waals surface area contributed by atoms with E-state index in [2.05, 4.69) is 39.8 Å². The number of benzene rings is 9. The van der Waals surface area contributed by atoms with Crippen molar-refractivity contribution in [3.63, 3.8) is 0 Å². The van der Waals surface area contributed by atoms with E-state index in [4.69, 9.17) is 84.7 Å². The van der Waals surface area contributed by atoms with E-state index >= 15 is 13.2 Å². The number of rotatable bonds is 12. The Labute approximate surface area is 731 Å². The molecule has 7 fully saturated rings. The van der Waals surface area contributed by atoms with E-state index in [1.807, 2.05) is 29.0 Å². The summed E-state index contributed by atoms with van der Waals surface area (Å²) in [6.45, 7) is 3.43. The second kappa shape index (κ2) is 28.9. The average molecular weight is 1780 g/mol. The molecule has 9 aromatic carbocycles. The molecule has 11 aromatic rings. The van der Waals surface area contributed by atoms with Gasteiger partial charge in [-0.25, -0.2) is 37.5 Å². The molecule has 30 heteroatoms. The molecule has 12 heterocycles. The Balaban J connectivity index is 0.000000110. The number of carboxylic acid groups (broad SMARTS) is 3. The zero-order valence-electron chi connectivity index (χ0n) is 65.4. The highest BCUT2D eigenvalue weighted by atomic mass is 35.5. The van der Waals surface area contributed by atoms with Crippen LogP contribution in [-0.2, 0) is 44.1 Å². The Morgan fingerprint density at radius 3 is 1.20 bits per heavy atom. The number of carbonyl (C=O) groups excluding carboxylic acids is 3. The van der Waals surface area contributed by atoms with E-state index in [-0.39, 0.29) is 91.5 Å². The molecule has 6 N–H and O–H groups in total. The van der Waals surface area contributed by atoms with Crippen LogP contribution in [-0.4, -0.2) is 133 Å². The van der Waals surface area contributed by atoms with Crippen LogP contribution in [0.15, 0.2) is 169 Å². The summed E-state index contributed by atoms with van der Waals surface area (Å²) in [6, 6.07) is 45.5. The van der Waals surface area contributed by atoms with E-state index in [0.29, 0.717) is 116 Å². The number of azo groups is 2. The van der Waals surface area contributed by atoms with Gasteiger partial charge in [-0.2, -0.15) is 0 Å². The zero-order valence-corrected chi connectivity index (χ0v) is 70.0. The van der Waals surface area contributed by atoms with Crippen molar-refractivity contribution in [3.8, 4) is 0 Å². The van der Waals surface area contributed by atoms with Gasteiger partial charge in [-0.05, 0) is 201 Å². The summed E-state index contributed by atoms with van der Waals surface area (Å²) in [5, 5.41) is 44.6. The van der Waals surface area contributed by atoms with E-state index in [9.17, 15) is 44.1 Å². The fourth-order valence-electron chi connectivity index (χ4n) is 23.4. The first kappa shape index (κ1) is 78.7. The van der Waals surface area contributed by atoms with Gasteiger partial charge < -0.3 is 40.4 Å². The highest BCUT2D eigenvalue weighted by Gasteiger charge is 2.75. The molecule has 123 heavy (non-hydrogen) atoms. The minimum absolute atomic E-state index is 0.00000926. The third-order valence-corrected chi connectivity index (χ3v) is 30.3. The quantitative estimate of drug-likeness (QED) is 0.0622. The molecule has 13 aliphatic rings. The number of aromatic nitrogens is 4. The standard InChI is InChI=1S/3C31H25Cl2FN4O3/c2*32-17-7-8-19-21(13-17)36-30(41)31(19)26(18-2-1-3-20(33)27(18)34)25-24(38(31)14-15-4-5-15)10-11-37-23-9-6-16(29(39)40)12-22(23)35-28(25)37;32-17-7-9-20-23(13-17)35-30(41)31(20)26(19-2-1-3-21(33)27(19)34)28-25(37(31)14-15-4-5-15)11-10-24-18-8-6-16(29(39)40)12-22(18)36-38(24)28/h2*1-3,6-9,12-13,15,24-26H,4-5,10-11,14H2,(H,36,41)(H,39,40);1-3,6-9,12-13,15,24-26,28H,4-5,10-11,14H2,(H-,35,39,40,41)/p+1/t2*24-,25+,26-,31+;24?,25-,26-,28+,31+/m100/s1. The first-order valence-corrected chi connectivity index (χ1v) is 43.9. The summed E-state index contributed by atoms with van der Waals surface area (Å²) < 4.78 is 54.7. The van der Waals surface area contributed by atoms with Gasteiger partial charge in [-0.3, -0.25) is 29.1 Å². The minimum atomic E-state index is -1.21. The molecule has 1 unspecified atom stereocenters. The van der Waals surface area contributed by atoms with Crippen LogP contribution in [0.4, 0.5) is 35.9 Å². The summed E-state index contributed by atoms with van der Waals surface area (Å²) >= 11 is 38.2. The molecule has 21 nitrogen and oxygen atoms in total. The lowest BCUT2D eigenvalue weighted by Crippen LogP contribution is -2.53. The Bertz CT molecular complexity index is 6280. The molecule has 10 aliphatic heterocycles. The van der Waals surface area contributed by atoms with Crippen molar-refractivity contribution >= 4 is 150 Å². The molecule has 624 valence electrons. The molecule has 0 radical (unpaired) electrons. The molecule has 2 aromatic heterocycles. The number of nitrogens with one attached hydrogen (secondary N) is 3. The topological polar surface area (TPSA) is 260 Å². The molecule has 3 saturated carbocycles. The van der Waals surface area contributed by atoms with E-state index in [1.165, 1.54) is 18.2 Å². The fourth-order valence-corrected chi connectivity index (χ4v) is 24.5. The van der Waals surface area contributed by atoms with Crippen LogP contribution in [0.5, 0.6) is 0 Å². The predicted molar refractivity (Wildman–Crippen MR) is 457 cm³/mol. The van der Waals surface area contributed by atoms with Crippen LogP contribution in [0.1, 0.15) is 182 Å². The fraction of sp³-hybridized carbons (Fsp3) is 0.333. The SMILES string of the molecule is O=C(O)c1ccc2c(c1)N=[N+]1C2CC[C@H]2[C@@H]1[C@H](c1cccc(Cl)c1F)[C@]1(C(=O)Nc3cc(Cl)ccc31)N2CC1CC1.O=C(O)c1ccc2c(c1)nc1n2CC[C@@H]2[C@H]1[C@@H](c1cccc(Cl)c1F)[C@@]1(C(=O)Nc3cc(Cl)ccc31)N2CC1CC1.O=C(O)c1ccc2c(c1)nc1n2CC[C@H]2[C@@H]1[C@H](c1cccc(Cl)c1F)[C@]1(C(=O)Nc3cc(Cl)ccc31)N2CC1CC1. The molecule has 24 rings (SSSR count). The highest BCUT2D eigenvalue weighted by Crippen LogP contribution is 2.69. The van der Waals surface area contributed by atoms with Gasteiger partial charge >= 0.3 is 17.9 Å². The molecule has 13 atom stereocenters. The summed E-state index contributed by atoms with van der Waals surface area (Å²) in [5.41, 5.74) is 6.59. The zero-order chi connectivity index (χ0) is 84.6. The van der Waals surface area contributed by atoms with Crippen LogP contribution in [0.25, 0.3) is 22.1 Å². The number of nitrogens with zero attached hydrogens (tertiary/aromatic N) is 9. The second-order valence-electron chi connectivity index (χ2n) is 35.1. The number of fused-ring (bicyclic) bond motifs is 21. The van der Waals surface area contributed by atoms with Crippen LogP contribution < -0.4 is 16.0 Å². The first-order valence-electron chi connectivity index (χ1n) is 41.7.